The summed E-state index contributed by atoms with van der Waals surface area (Å²) < 4.78 is 5.80. The number of rotatable bonds is 2. The molecule has 0 radical (unpaired) electrons. The molecule has 0 saturated heterocycles. The Labute approximate surface area is 94.5 Å². The van der Waals surface area contributed by atoms with E-state index in [0.717, 1.165) is 0 Å². The second-order valence-corrected chi connectivity index (χ2v) is 5.22. The van der Waals surface area contributed by atoms with Crippen LogP contribution in [0.3, 0.4) is 0 Å². The zero-order valence-corrected chi connectivity index (χ0v) is 10.4. The van der Waals surface area contributed by atoms with E-state index in [1.165, 1.54) is 21.5 Å². The van der Waals surface area contributed by atoms with Crippen molar-refractivity contribution >= 4 is 21.6 Å². The Morgan fingerprint density at radius 1 is 1.07 bits per heavy atom. The molecule has 2 aromatic heterocycles. The Bertz CT molecular complexity index is 471. The van der Waals surface area contributed by atoms with Gasteiger partial charge in [0.25, 0.3) is 0 Å². The predicted molar refractivity (Wildman–Crippen MR) is 65.6 cm³/mol. The molecule has 0 aromatic carbocycles. The molecule has 2 nitrogen and oxygen atoms in total. The maximum absolute atomic E-state index is 4.54. The normalized spacial score (nSPS) is 11.9. The fourth-order valence-corrected chi connectivity index (χ4v) is 2.89. The molecular weight excluding hydrogens is 204 g/mol. The average molecular weight is 220 g/mol. The first-order valence-corrected chi connectivity index (χ1v) is 6.12. The lowest BCUT2D eigenvalue weighted by molar-refractivity contribution is 0.833. The second kappa shape index (κ2) is 3.89. The summed E-state index contributed by atoms with van der Waals surface area (Å²) in [7, 11) is 0. The highest BCUT2D eigenvalue weighted by Gasteiger charge is 2.14. The van der Waals surface area contributed by atoms with Crippen LogP contribution in [0.5, 0.6) is 0 Å². The molecule has 0 atom stereocenters. The Morgan fingerprint density at radius 3 is 2.33 bits per heavy atom. The molecule has 0 spiro atoms. The smallest absolute Gasteiger partial charge is 0.0771 e. The molecular formula is C12H16N2S. The average Bonchev–Trinajstić information content (AvgIpc) is 2.59. The van der Waals surface area contributed by atoms with Gasteiger partial charge in [0.1, 0.15) is 0 Å². The highest BCUT2D eigenvalue weighted by Crippen LogP contribution is 2.32. The van der Waals surface area contributed by atoms with E-state index in [1.807, 2.05) is 6.20 Å². The van der Waals surface area contributed by atoms with Gasteiger partial charge in [0.15, 0.2) is 0 Å². The fourth-order valence-electron chi connectivity index (χ4n) is 1.73. The van der Waals surface area contributed by atoms with Crippen molar-refractivity contribution in [3.8, 4) is 0 Å². The predicted octanol–water partition coefficient (Wildman–Crippen LogP) is 3.94. The Hall–Kier alpha value is -0.960. The summed E-state index contributed by atoms with van der Waals surface area (Å²) in [5.74, 6) is 0.954. The van der Waals surface area contributed by atoms with Crippen LogP contribution < -0.4 is 0 Å². The van der Waals surface area contributed by atoms with Gasteiger partial charge in [0, 0.05) is 11.6 Å². The largest absolute Gasteiger partial charge is 0.259 e. The lowest BCUT2D eigenvalue weighted by Crippen LogP contribution is -1.92. The SMILES string of the molecule is CC(C)c1nsc2c(C(C)C)nccc12. The maximum atomic E-state index is 4.54. The van der Waals surface area contributed by atoms with Gasteiger partial charge >= 0.3 is 0 Å². The number of aromatic nitrogens is 2. The molecule has 3 heteroatoms. The summed E-state index contributed by atoms with van der Waals surface area (Å²) in [5, 5.41) is 1.29. The van der Waals surface area contributed by atoms with Gasteiger partial charge in [-0.05, 0) is 29.4 Å². The van der Waals surface area contributed by atoms with Crippen LogP contribution in [0.15, 0.2) is 12.3 Å². The van der Waals surface area contributed by atoms with E-state index >= 15 is 0 Å². The van der Waals surface area contributed by atoms with Crippen molar-refractivity contribution in [2.75, 3.05) is 0 Å². The molecule has 0 saturated carbocycles. The minimum Gasteiger partial charge on any atom is -0.259 e. The summed E-state index contributed by atoms with van der Waals surface area (Å²) in [6, 6.07) is 2.08. The number of hydrogen-bond donors (Lipinski definition) is 0. The van der Waals surface area contributed by atoms with E-state index in [1.54, 1.807) is 11.5 Å². The van der Waals surface area contributed by atoms with Gasteiger partial charge < -0.3 is 0 Å². The molecule has 2 rings (SSSR count). The lowest BCUT2D eigenvalue weighted by atomic mass is 10.0. The van der Waals surface area contributed by atoms with Crippen LogP contribution in [-0.4, -0.2) is 9.36 Å². The summed E-state index contributed by atoms with van der Waals surface area (Å²) in [5.41, 5.74) is 2.39. The van der Waals surface area contributed by atoms with E-state index in [9.17, 15) is 0 Å². The van der Waals surface area contributed by atoms with Gasteiger partial charge in [-0.3, -0.25) is 4.98 Å². The maximum Gasteiger partial charge on any atom is 0.0771 e. The molecule has 2 aromatic rings. The van der Waals surface area contributed by atoms with Gasteiger partial charge in [-0.2, -0.15) is 4.37 Å². The van der Waals surface area contributed by atoms with Gasteiger partial charge in [0.2, 0.25) is 0 Å². The molecule has 0 aliphatic rings. The standard InChI is InChI=1S/C12H16N2S/c1-7(2)10-9-5-6-13-11(8(3)4)12(9)15-14-10/h5-8H,1-4H3. The van der Waals surface area contributed by atoms with Gasteiger partial charge in [0.05, 0.1) is 16.1 Å². The van der Waals surface area contributed by atoms with E-state index in [4.69, 9.17) is 0 Å². The number of pyridine rings is 1. The van der Waals surface area contributed by atoms with Crippen molar-refractivity contribution in [2.24, 2.45) is 0 Å². The fraction of sp³-hybridized carbons (Fsp3) is 0.500. The summed E-state index contributed by atoms with van der Waals surface area (Å²) in [6.07, 6.45) is 1.90. The molecule has 0 fully saturated rings. The quantitative estimate of drug-likeness (QED) is 0.766. The monoisotopic (exact) mass is 220 g/mol. The molecule has 80 valence electrons. The molecule has 0 amide bonds. The Kier molecular flexibility index (Phi) is 2.74. The van der Waals surface area contributed by atoms with E-state index in [2.05, 4.69) is 43.1 Å². The minimum absolute atomic E-state index is 0.467. The third kappa shape index (κ3) is 1.76. The van der Waals surface area contributed by atoms with Crippen LogP contribution in [0.1, 0.15) is 50.9 Å². The first kappa shape index (κ1) is 10.6. The second-order valence-electron chi connectivity index (χ2n) is 4.45. The van der Waals surface area contributed by atoms with Crippen LogP contribution in [0.2, 0.25) is 0 Å². The zero-order chi connectivity index (χ0) is 11.0. The third-order valence-electron chi connectivity index (χ3n) is 2.54. The van der Waals surface area contributed by atoms with Crippen molar-refractivity contribution in [1.82, 2.24) is 9.36 Å². The lowest BCUT2D eigenvalue weighted by Gasteiger charge is -2.05. The van der Waals surface area contributed by atoms with Crippen molar-refractivity contribution in [2.45, 2.75) is 39.5 Å². The Morgan fingerprint density at radius 2 is 1.73 bits per heavy atom. The molecule has 2 heterocycles. The minimum atomic E-state index is 0.467. The van der Waals surface area contributed by atoms with Gasteiger partial charge in [-0.25, -0.2) is 0 Å². The molecule has 0 bridgehead atoms. The molecule has 15 heavy (non-hydrogen) atoms. The molecule has 0 N–H and O–H groups in total. The zero-order valence-electron chi connectivity index (χ0n) is 9.61. The van der Waals surface area contributed by atoms with Crippen molar-refractivity contribution in [3.63, 3.8) is 0 Å². The van der Waals surface area contributed by atoms with Crippen molar-refractivity contribution in [3.05, 3.63) is 23.7 Å². The molecule has 0 aliphatic heterocycles. The van der Waals surface area contributed by atoms with Crippen LogP contribution in [-0.2, 0) is 0 Å². The van der Waals surface area contributed by atoms with E-state index in [-0.39, 0.29) is 0 Å². The van der Waals surface area contributed by atoms with Crippen molar-refractivity contribution < 1.29 is 0 Å². The first-order valence-electron chi connectivity index (χ1n) is 5.35. The Balaban J connectivity index is 2.69. The van der Waals surface area contributed by atoms with E-state index in [0.29, 0.717) is 11.8 Å². The summed E-state index contributed by atoms with van der Waals surface area (Å²) in [4.78, 5) is 4.45. The van der Waals surface area contributed by atoms with Crippen molar-refractivity contribution in [1.29, 1.82) is 0 Å². The number of hydrogen-bond acceptors (Lipinski definition) is 3. The van der Waals surface area contributed by atoms with Crippen LogP contribution in [0.4, 0.5) is 0 Å². The number of fused-ring (bicyclic) bond motifs is 1. The molecule has 0 unspecified atom stereocenters. The van der Waals surface area contributed by atoms with Crippen LogP contribution in [0.25, 0.3) is 10.1 Å². The summed E-state index contributed by atoms with van der Waals surface area (Å²) >= 11 is 1.58. The topological polar surface area (TPSA) is 25.8 Å². The third-order valence-corrected chi connectivity index (χ3v) is 3.44. The highest BCUT2D eigenvalue weighted by atomic mass is 32.1. The summed E-state index contributed by atoms with van der Waals surface area (Å²) in [6.45, 7) is 8.72. The van der Waals surface area contributed by atoms with Gasteiger partial charge in [-0.15, -0.1) is 0 Å². The first-order chi connectivity index (χ1) is 7.11. The number of nitrogens with zero attached hydrogens (tertiary/aromatic N) is 2. The van der Waals surface area contributed by atoms with Crippen LogP contribution >= 0.6 is 11.5 Å². The van der Waals surface area contributed by atoms with Crippen LogP contribution in [0, 0.1) is 0 Å². The van der Waals surface area contributed by atoms with E-state index < -0.39 is 0 Å². The highest BCUT2D eigenvalue weighted by molar-refractivity contribution is 7.13. The van der Waals surface area contributed by atoms with Gasteiger partial charge in [-0.1, -0.05) is 27.7 Å². The molecule has 0 aliphatic carbocycles.